The van der Waals surface area contributed by atoms with Gasteiger partial charge in [0.2, 0.25) is 5.91 Å². The number of hydrogen-bond acceptors (Lipinski definition) is 4. The Morgan fingerprint density at radius 2 is 1.76 bits per heavy atom. The fraction of sp³-hybridized carbons (Fsp3) is 0.500. The Balaban J connectivity index is 0.000000383. The van der Waals surface area contributed by atoms with Gasteiger partial charge in [-0.05, 0) is 50.0 Å². The second-order valence-corrected chi connectivity index (χ2v) is 8.49. The van der Waals surface area contributed by atoms with Gasteiger partial charge >= 0.3 is 12.1 Å². The summed E-state index contributed by atoms with van der Waals surface area (Å²) < 4.78 is 47.0. The van der Waals surface area contributed by atoms with Gasteiger partial charge in [0.25, 0.3) is 0 Å². The van der Waals surface area contributed by atoms with E-state index in [-0.39, 0.29) is 17.1 Å². The molecule has 1 aromatic carbocycles. The van der Waals surface area contributed by atoms with Crippen LogP contribution in [-0.2, 0) is 29.7 Å². The first kappa shape index (κ1) is 24.7. The fourth-order valence-electron chi connectivity index (χ4n) is 4.31. The second kappa shape index (κ2) is 9.90. The van der Waals surface area contributed by atoms with Crippen molar-refractivity contribution in [2.45, 2.75) is 38.5 Å². The van der Waals surface area contributed by atoms with E-state index in [1.165, 1.54) is 17.7 Å². The van der Waals surface area contributed by atoms with Crippen LogP contribution >= 0.6 is 0 Å². The molecule has 2 aliphatic heterocycles. The molecule has 0 aliphatic carbocycles. The Bertz CT molecular complexity index is 984. The molecule has 1 spiro atoms. The molecule has 0 saturated carbocycles. The summed E-state index contributed by atoms with van der Waals surface area (Å²) in [5.74, 6) is -2.75. The molecule has 1 amide bonds. The van der Waals surface area contributed by atoms with E-state index in [9.17, 15) is 22.4 Å². The number of nitrogens with zero attached hydrogens (tertiary/aromatic N) is 4. The number of alkyl halides is 3. The average molecular weight is 470 g/mol. The number of aryl methyl sites for hydroxylation is 1. The third kappa shape index (κ3) is 6.31. The highest BCUT2D eigenvalue weighted by atomic mass is 19.4. The lowest BCUT2D eigenvalue weighted by Crippen LogP contribution is -2.44. The molecule has 0 atom stereocenters. The lowest BCUT2D eigenvalue weighted by Gasteiger charge is -2.37. The summed E-state index contributed by atoms with van der Waals surface area (Å²) in [4.78, 5) is 26.3. The number of carboxylic acid groups (broad SMARTS) is 1. The first-order valence-corrected chi connectivity index (χ1v) is 10.5. The number of hydrogen-bond donors (Lipinski definition) is 1. The summed E-state index contributed by atoms with van der Waals surface area (Å²) in [6.07, 6.45) is 1.61. The van der Waals surface area contributed by atoms with Crippen molar-refractivity contribution in [3.8, 4) is 0 Å². The van der Waals surface area contributed by atoms with Crippen molar-refractivity contribution in [3.63, 3.8) is 0 Å². The Kier molecular flexibility index (Phi) is 7.41. The van der Waals surface area contributed by atoms with Crippen LogP contribution in [0, 0.1) is 11.2 Å². The number of aliphatic carboxylic acids is 1. The largest absolute Gasteiger partial charge is 0.490 e. The van der Waals surface area contributed by atoms with E-state index < -0.39 is 12.1 Å². The van der Waals surface area contributed by atoms with E-state index in [0.717, 1.165) is 51.0 Å². The highest BCUT2D eigenvalue weighted by Crippen LogP contribution is 2.42. The lowest BCUT2D eigenvalue weighted by atomic mass is 9.77. The summed E-state index contributed by atoms with van der Waals surface area (Å²) in [5.41, 5.74) is 1.87. The Morgan fingerprint density at radius 1 is 1.12 bits per heavy atom. The predicted molar refractivity (Wildman–Crippen MR) is 110 cm³/mol. The average Bonchev–Trinajstić information content (AvgIpc) is 3.28. The summed E-state index contributed by atoms with van der Waals surface area (Å²) in [6, 6.07) is 6.55. The molecule has 2 aromatic rings. The monoisotopic (exact) mass is 470 g/mol. The molecule has 2 fully saturated rings. The maximum Gasteiger partial charge on any atom is 0.490 e. The lowest BCUT2D eigenvalue weighted by molar-refractivity contribution is -0.192. The van der Waals surface area contributed by atoms with Crippen molar-refractivity contribution in [2.24, 2.45) is 12.5 Å². The third-order valence-electron chi connectivity index (χ3n) is 6.08. The van der Waals surface area contributed by atoms with Crippen molar-refractivity contribution < 1.29 is 32.3 Å². The normalized spacial score (nSPS) is 18.3. The molecule has 4 rings (SSSR count). The minimum absolute atomic E-state index is 0.210. The number of likely N-dealkylation sites (tertiary alicyclic amines) is 2. The SMILES string of the molecule is Cn1cc(CN2CCC3(CC2)CCN(Cc2cccc(F)c2)C3=O)cn1.O=C(O)C(F)(F)F. The van der Waals surface area contributed by atoms with Crippen LogP contribution in [0.2, 0.25) is 0 Å². The van der Waals surface area contributed by atoms with Crippen molar-refractivity contribution in [2.75, 3.05) is 19.6 Å². The molecule has 0 bridgehead atoms. The Hall–Kier alpha value is -2.95. The number of carbonyl (C=O) groups is 2. The van der Waals surface area contributed by atoms with E-state index in [2.05, 4.69) is 10.00 Å². The zero-order chi connectivity index (χ0) is 24.2. The summed E-state index contributed by atoms with van der Waals surface area (Å²) in [6.45, 7) is 4.06. The number of carboxylic acids is 1. The van der Waals surface area contributed by atoms with E-state index in [0.29, 0.717) is 6.54 Å². The first-order chi connectivity index (χ1) is 15.5. The van der Waals surface area contributed by atoms with Crippen LogP contribution in [0.1, 0.15) is 30.4 Å². The van der Waals surface area contributed by atoms with Crippen molar-refractivity contribution >= 4 is 11.9 Å². The molecular formula is C22H26F4N4O3. The van der Waals surface area contributed by atoms with Crippen LogP contribution in [0.3, 0.4) is 0 Å². The zero-order valence-corrected chi connectivity index (χ0v) is 18.2. The maximum atomic E-state index is 13.4. The van der Waals surface area contributed by atoms with Gasteiger partial charge in [0, 0.05) is 38.4 Å². The van der Waals surface area contributed by atoms with E-state index in [4.69, 9.17) is 9.90 Å². The highest BCUT2D eigenvalue weighted by Gasteiger charge is 2.47. The number of amides is 1. The number of aromatic nitrogens is 2. The standard InChI is InChI=1S/C20H25FN4O.C2HF3O2/c1-23-13-17(12-22-23)14-24-8-5-20(6-9-24)7-10-25(19(20)26)15-16-3-2-4-18(21)11-16;3-2(4,5)1(6)7/h2-4,11-13H,5-10,14-15H2,1H3;(H,6,7). The van der Waals surface area contributed by atoms with Gasteiger partial charge in [0.15, 0.2) is 0 Å². The van der Waals surface area contributed by atoms with Crippen LogP contribution < -0.4 is 0 Å². The molecule has 3 heterocycles. The number of benzene rings is 1. The van der Waals surface area contributed by atoms with Gasteiger partial charge in [-0.1, -0.05) is 12.1 Å². The van der Waals surface area contributed by atoms with Crippen molar-refractivity contribution in [1.29, 1.82) is 0 Å². The van der Waals surface area contributed by atoms with Crippen molar-refractivity contribution in [3.05, 3.63) is 53.6 Å². The quantitative estimate of drug-likeness (QED) is 0.695. The second-order valence-electron chi connectivity index (χ2n) is 8.49. The zero-order valence-electron chi connectivity index (χ0n) is 18.2. The molecule has 7 nitrogen and oxygen atoms in total. The molecular weight excluding hydrogens is 444 g/mol. The van der Waals surface area contributed by atoms with Gasteiger partial charge in [0.1, 0.15) is 5.82 Å². The smallest absolute Gasteiger partial charge is 0.475 e. The van der Waals surface area contributed by atoms with Gasteiger partial charge in [-0.25, -0.2) is 9.18 Å². The van der Waals surface area contributed by atoms with Gasteiger partial charge in [-0.3, -0.25) is 14.4 Å². The minimum atomic E-state index is -5.08. The number of rotatable bonds is 4. The van der Waals surface area contributed by atoms with Crippen LogP contribution in [0.4, 0.5) is 17.6 Å². The molecule has 180 valence electrons. The number of carbonyl (C=O) groups excluding carboxylic acids is 1. The third-order valence-corrected chi connectivity index (χ3v) is 6.08. The minimum Gasteiger partial charge on any atom is -0.475 e. The van der Waals surface area contributed by atoms with Crippen molar-refractivity contribution in [1.82, 2.24) is 19.6 Å². The highest BCUT2D eigenvalue weighted by molar-refractivity contribution is 5.85. The van der Waals surface area contributed by atoms with E-state index in [1.807, 2.05) is 35.1 Å². The molecule has 33 heavy (non-hydrogen) atoms. The number of piperidine rings is 1. The van der Waals surface area contributed by atoms with Gasteiger partial charge in [-0.2, -0.15) is 18.3 Å². The van der Waals surface area contributed by atoms with Crippen LogP contribution in [0.25, 0.3) is 0 Å². The number of halogens is 4. The van der Waals surface area contributed by atoms with E-state index >= 15 is 0 Å². The predicted octanol–water partition coefficient (Wildman–Crippen LogP) is 3.21. The van der Waals surface area contributed by atoms with Crippen LogP contribution in [-0.4, -0.2) is 62.4 Å². The Labute approximate surface area is 188 Å². The molecule has 1 N–H and O–H groups in total. The van der Waals surface area contributed by atoms with Crippen LogP contribution in [0.5, 0.6) is 0 Å². The first-order valence-electron chi connectivity index (χ1n) is 10.5. The summed E-state index contributed by atoms with van der Waals surface area (Å²) in [7, 11) is 1.93. The maximum absolute atomic E-state index is 13.4. The topological polar surface area (TPSA) is 78.7 Å². The Morgan fingerprint density at radius 3 is 2.30 bits per heavy atom. The van der Waals surface area contributed by atoms with Gasteiger partial charge < -0.3 is 10.0 Å². The molecule has 0 unspecified atom stereocenters. The van der Waals surface area contributed by atoms with Gasteiger partial charge in [-0.15, -0.1) is 0 Å². The molecule has 2 aliphatic rings. The van der Waals surface area contributed by atoms with E-state index in [1.54, 1.807) is 6.07 Å². The fourth-order valence-corrected chi connectivity index (χ4v) is 4.31. The molecule has 2 saturated heterocycles. The molecule has 11 heteroatoms. The van der Waals surface area contributed by atoms with Gasteiger partial charge in [0.05, 0.1) is 11.6 Å². The van der Waals surface area contributed by atoms with Crippen LogP contribution in [0.15, 0.2) is 36.7 Å². The molecule has 1 aromatic heterocycles. The molecule has 0 radical (unpaired) electrons. The summed E-state index contributed by atoms with van der Waals surface area (Å²) >= 11 is 0. The summed E-state index contributed by atoms with van der Waals surface area (Å²) in [5, 5.41) is 11.3.